The summed E-state index contributed by atoms with van der Waals surface area (Å²) in [6.07, 6.45) is 0. The van der Waals surface area contributed by atoms with E-state index < -0.39 is 33.6 Å². The fourth-order valence-electron chi connectivity index (χ4n) is 1.05. The van der Waals surface area contributed by atoms with E-state index in [-0.39, 0.29) is 0 Å². The smallest absolute Gasteiger partial charge is 0.322 e. The SMILES string of the molecule is NC(P(=O)(O)O)(P(=O)(O)O)S(=O)(=O)c1cccs1. The second-order valence-electron chi connectivity index (χ2n) is 3.18. The largest absolute Gasteiger partial charge is 0.373 e. The molecule has 0 atom stereocenters. The molecule has 0 aromatic carbocycles. The van der Waals surface area contributed by atoms with E-state index in [1.54, 1.807) is 0 Å². The van der Waals surface area contributed by atoms with E-state index in [0.717, 1.165) is 6.07 Å². The summed E-state index contributed by atoms with van der Waals surface area (Å²) in [6.45, 7) is 0. The molecule has 9 nitrogen and oxygen atoms in total. The van der Waals surface area contributed by atoms with Crippen LogP contribution in [-0.4, -0.2) is 32.3 Å². The highest BCUT2D eigenvalue weighted by molar-refractivity contribution is 8.08. The van der Waals surface area contributed by atoms with E-state index in [0.29, 0.717) is 11.3 Å². The van der Waals surface area contributed by atoms with Crippen molar-refractivity contribution in [2.45, 2.75) is 8.56 Å². The minimum absolute atomic E-state index is 0.534. The number of nitrogens with two attached hydrogens (primary N) is 1. The molecule has 18 heavy (non-hydrogen) atoms. The lowest BCUT2D eigenvalue weighted by atomic mass is 10.7. The molecule has 0 amide bonds. The molecule has 0 saturated carbocycles. The topological polar surface area (TPSA) is 175 Å². The number of sulfone groups is 1. The zero-order valence-electron chi connectivity index (χ0n) is 8.44. The standard InChI is InChI=1S/C5H9NO8P2S2/c6-5(15(7,8)9,16(10,11)12)18(13,14)4-2-1-3-17-4/h1-3H,6H2,(H2,7,8,9)(H2,10,11,12). The molecule has 0 aliphatic carbocycles. The molecule has 6 N–H and O–H groups in total. The number of hydrogen-bond donors (Lipinski definition) is 5. The highest BCUT2D eigenvalue weighted by atomic mass is 32.2. The van der Waals surface area contributed by atoms with E-state index in [1.807, 2.05) is 0 Å². The first-order valence-electron chi connectivity index (χ1n) is 4.04. The van der Waals surface area contributed by atoms with Gasteiger partial charge in [0.15, 0.2) is 0 Å². The van der Waals surface area contributed by atoms with Crippen LogP contribution < -0.4 is 5.73 Å². The predicted octanol–water partition coefficient (Wildman–Crippen LogP) is -0.553. The fraction of sp³-hybridized carbons (Fsp3) is 0.200. The summed E-state index contributed by atoms with van der Waals surface area (Å²) in [4.78, 5) is 35.7. The van der Waals surface area contributed by atoms with Gasteiger partial charge in [0.2, 0.25) is 9.84 Å². The summed E-state index contributed by atoms with van der Waals surface area (Å²) >= 11 is 0.534. The lowest BCUT2D eigenvalue weighted by molar-refractivity contribution is 0.329. The van der Waals surface area contributed by atoms with Crippen molar-refractivity contribution in [2.24, 2.45) is 5.73 Å². The first-order chi connectivity index (χ1) is 7.86. The molecule has 0 bridgehead atoms. The fourth-order valence-corrected chi connectivity index (χ4v) is 7.94. The van der Waals surface area contributed by atoms with Gasteiger partial charge in [0.1, 0.15) is 4.21 Å². The van der Waals surface area contributed by atoms with Crippen molar-refractivity contribution in [3.05, 3.63) is 17.5 Å². The molecular weight excluding hydrogens is 328 g/mol. The summed E-state index contributed by atoms with van der Waals surface area (Å²) in [5.74, 6) is 0. The van der Waals surface area contributed by atoms with Crippen molar-refractivity contribution in [3.63, 3.8) is 0 Å². The van der Waals surface area contributed by atoms with Crippen LogP contribution >= 0.6 is 26.5 Å². The van der Waals surface area contributed by atoms with Crippen molar-refractivity contribution in [2.75, 3.05) is 0 Å². The third kappa shape index (κ3) is 2.22. The Morgan fingerprint density at radius 2 is 1.61 bits per heavy atom. The Hall–Kier alpha value is -0.0900. The maximum atomic E-state index is 11.9. The normalized spacial score (nSPS) is 14.7. The summed E-state index contributed by atoms with van der Waals surface area (Å²) in [5.41, 5.74) is 4.91. The zero-order chi connectivity index (χ0) is 14.4. The van der Waals surface area contributed by atoms with Crippen molar-refractivity contribution < 1.29 is 37.1 Å². The minimum Gasteiger partial charge on any atom is -0.322 e. The molecule has 13 heteroatoms. The number of rotatable bonds is 4. The van der Waals surface area contributed by atoms with Crippen LogP contribution in [0.1, 0.15) is 0 Å². The van der Waals surface area contributed by atoms with Gasteiger partial charge in [0.25, 0.3) is 0 Å². The minimum atomic E-state index is -5.84. The van der Waals surface area contributed by atoms with Crippen LogP contribution in [0.4, 0.5) is 0 Å². The molecule has 0 radical (unpaired) electrons. The van der Waals surface area contributed by atoms with E-state index in [1.165, 1.54) is 11.4 Å². The van der Waals surface area contributed by atoms with Crippen molar-refractivity contribution in [1.29, 1.82) is 0 Å². The van der Waals surface area contributed by atoms with E-state index in [2.05, 4.69) is 0 Å². The molecule has 0 aliphatic heterocycles. The molecule has 0 unspecified atom stereocenters. The molecule has 0 spiro atoms. The maximum Gasteiger partial charge on any atom is 0.373 e. The van der Waals surface area contributed by atoms with Crippen LogP contribution in [0.5, 0.6) is 0 Å². The average Bonchev–Trinajstić information content (AvgIpc) is 2.65. The van der Waals surface area contributed by atoms with Gasteiger partial charge in [-0.1, -0.05) is 6.07 Å². The lowest BCUT2D eigenvalue weighted by Gasteiger charge is -2.29. The van der Waals surface area contributed by atoms with Crippen molar-refractivity contribution >= 4 is 36.4 Å². The third-order valence-electron chi connectivity index (χ3n) is 1.99. The van der Waals surface area contributed by atoms with Crippen LogP contribution in [-0.2, 0) is 19.0 Å². The van der Waals surface area contributed by atoms with Gasteiger partial charge in [0.05, 0.1) is 0 Å². The quantitative estimate of drug-likeness (QED) is 0.451. The number of thiophene rings is 1. The molecule has 0 saturated heterocycles. The first kappa shape index (κ1) is 16.0. The van der Waals surface area contributed by atoms with Crippen LogP contribution in [0.15, 0.2) is 21.7 Å². The molecule has 1 rings (SSSR count). The van der Waals surface area contributed by atoms with Gasteiger partial charge < -0.3 is 19.6 Å². The van der Waals surface area contributed by atoms with Gasteiger partial charge in [-0.05, 0) is 11.4 Å². The van der Waals surface area contributed by atoms with Crippen molar-refractivity contribution in [1.82, 2.24) is 0 Å². The molecule has 104 valence electrons. The summed E-state index contributed by atoms with van der Waals surface area (Å²) in [5, 5.41) is 1.26. The van der Waals surface area contributed by atoms with Gasteiger partial charge in [-0.3, -0.25) is 14.9 Å². The van der Waals surface area contributed by atoms with Crippen LogP contribution in [0.3, 0.4) is 0 Å². The monoisotopic (exact) mass is 337 g/mol. The zero-order valence-corrected chi connectivity index (χ0v) is 11.9. The molecule has 1 aromatic rings. The van der Waals surface area contributed by atoms with Gasteiger partial charge >= 0.3 is 19.5 Å². The molecule has 0 aliphatic rings. The summed E-state index contributed by atoms with van der Waals surface area (Å²) in [6, 6.07) is 2.17. The second-order valence-corrected chi connectivity index (χ2v) is 11.0. The molecule has 1 aromatic heterocycles. The van der Waals surface area contributed by atoms with Crippen molar-refractivity contribution in [3.8, 4) is 0 Å². The van der Waals surface area contributed by atoms with E-state index in [9.17, 15) is 17.5 Å². The Morgan fingerprint density at radius 3 is 1.89 bits per heavy atom. The highest BCUT2D eigenvalue weighted by Crippen LogP contribution is 2.69. The van der Waals surface area contributed by atoms with E-state index >= 15 is 0 Å². The lowest BCUT2D eigenvalue weighted by Crippen LogP contribution is -2.46. The first-order valence-corrected chi connectivity index (χ1v) is 9.63. The average molecular weight is 337 g/mol. The predicted molar refractivity (Wildman–Crippen MR) is 62.5 cm³/mol. The molecule has 1 heterocycles. The number of hydrogen-bond acceptors (Lipinski definition) is 6. The Kier molecular flexibility index (Phi) is 3.97. The van der Waals surface area contributed by atoms with Gasteiger partial charge in [0, 0.05) is 0 Å². The van der Waals surface area contributed by atoms with Gasteiger partial charge in [-0.25, -0.2) is 8.42 Å². The Labute approximate surface area is 106 Å². The third-order valence-corrected chi connectivity index (χ3v) is 11.2. The van der Waals surface area contributed by atoms with Crippen LogP contribution in [0.2, 0.25) is 0 Å². The van der Waals surface area contributed by atoms with Gasteiger partial charge in [-0.15, -0.1) is 11.3 Å². The Morgan fingerprint density at radius 1 is 1.17 bits per heavy atom. The molecule has 0 fully saturated rings. The van der Waals surface area contributed by atoms with Crippen LogP contribution in [0.25, 0.3) is 0 Å². The van der Waals surface area contributed by atoms with Gasteiger partial charge in [-0.2, -0.15) is 0 Å². The molecular formula is C5H9NO8P2S2. The summed E-state index contributed by atoms with van der Waals surface area (Å²) < 4.78 is 41.5. The van der Waals surface area contributed by atoms with E-state index in [4.69, 9.17) is 25.3 Å². The van der Waals surface area contributed by atoms with Crippen LogP contribution in [0, 0.1) is 0 Å². The highest BCUT2D eigenvalue weighted by Gasteiger charge is 2.68. The Balaban J connectivity index is 3.70. The maximum absolute atomic E-state index is 11.9. The second kappa shape index (κ2) is 4.48. The summed E-state index contributed by atoms with van der Waals surface area (Å²) in [7, 11) is -16.8. The Bertz CT molecular complexity index is 602.